The molecule has 1 saturated heterocycles. The first kappa shape index (κ1) is 25.2. The maximum absolute atomic E-state index is 13.4. The van der Waals surface area contributed by atoms with E-state index in [1.807, 2.05) is 6.92 Å². The maximum Gasteiger partial charge on any atom is 0.284 e. The monoisotopic (exact) mass is 515 g/mol. The van der Waals surface area contributed by atoms with Crippen LogP contribution in [0.1, 0.15) is 44.1 Å². The van der Waals surface area contributed by atoms with Crippen molar-refractivity contribution >= 4 is 44.5 Å². The molecule has 2 fully saturated rings. The summed E-state index contributed by atoms with van der Waals surface area (Å²) in [5.74, 6) is 0.0835. The number of ether oxygens (including phenoxy) is 1. The molecule has 2 aromatic carbocycles. The van der Waals surface area contributed by atoms with Crippen molar-refractivity contribution < 1.29 is 22.7 Å². The lowest BCUT2D eigenvalue weighted by Crippen LogP contribution is -2.42. The van der Waals surface area contributed by atoms with Crippen LogP contribution >= 0.6 is 11.8 Å². The number of benzene rings is 2. The Kier molecular flexibility index (Phi) is 7.81. The average molecular weight is 516 g/mol. The highest BCUT2D eigenvalue weighted by atomic mass is 32.2. The Labute approximate surface area is 210 Å². The van der Waals surface area contributed by atoms with Crippen molar-refractivity contribution in [2.24, 2.45) is 4.40 Å². The van der Waals surface area contributed by atoms with Gasteiger partial charge in [0.2, 0.25) is 11.8 Å². The Hall–Kier alpha value is -2.85. The van der Waals surface area contributed by atoms with Crippen LogP contribution < -0.4 is 10.1 Å². The number of hydrogen-bond donors (Lipinski definition) is 1. The topological polar surface area (TPSA) is 105 Å². The molecular formula is C25H29N3O5S2. The van der Waals surface area contributed by atoms with E-state index >= 15 is 0 Å². The molecule has 2 aromatic rings. The Balaban J connectivity index is 1.55. The molecule has 1 saturated carbocycles. The van der Waals surface area contributed by atoms with Gasteiger partial charge in [0.1, 0.15) is 11.0 Å². The van der Waals surface area contributed by atoms with Crippen molar-refractivity contribution in [2.45, 2.75) is 61.6 Å². The van der Waals surface area contributed by atoms with Gasteiger partial charge in [-0.25, -0.2) is 0 Å². The fourth-order valence-electron chi connectivity index (χ4n) is 4.27. The van der Waals surface area contributed by atoms with E-state index in [0.29, 0.717) is 11.4 Å². The molecule has 1 aliphatic heterocycles. The summed E-state index contributed by atoms with van der Waals surface area (Å²) in [7, 11) is -2.44. The van der Waals surface area contributed by atoms with Crippen LogP contribution in [0.15, 0.2) is 57.8 Å². The van der Waals surface area contributed by atoms with E-state index in [2.05, 4.69) is 9.71 Å². The summed E-state index contributed by atoms with van der Waals surface area (Å²) < 4.78 is 35.3. The number of carbonyl (C=O) groups is 2. The second-order valence-corrected chi connectivity index (χ2v) is 11.5. The van der Waals surface area contributed by atoms with Gasteiger partial charge in [-0.3, -0.25) is 14.5 Å². The van der Waals surface area contributed by atoms with Crippen LogP contribution in [0.5, 0.6) is 5.75 Å². The van der Waals surface area contributed by atoms with Gasteiger partial charge in [0.25, 0.3) is 10.0 Å². The van der Waals surface area contributed by atoms with E-state index in [1.165, 1.54) is 17.0 Å². The number of methoxy groups -OCH3 is 1. The molecule has 10 heteroatoms. The van der Waals surface area contributed by atoms with Gasteiger partial charge in [-0.05, 0) is 56.2 Å². The second-order valence-electron chi connectivity index (χ2n) is 8.75. The van der Waals surface area contributed by atoms with Gasteiger partial charge in [-0.15, -0.1) is 4.40 Å². The summed E-state index contributed by atoms with van der Waals surface area (Å²) in [5.41, 5.74) is 1.53. The van der Waals surface area contributed by atoms with Crippen molar-refractivity contribution in [3.05, 3.63) is 54.1 Å². The number of thioether (sulfide) groups is 1. The minimum Gasteiger partial charge on any atom is -0.497 e. The summed E-state index contributed by atoms with van der Waals surface area (Å²) in [4.78, 5) is 27.7. The first-order chi connectivity index (χ1) is 16.8. The number of sulfonamides is 1. The fraction of sp³-hybridized carbons (Fsp3) is 0.400. The van der Waals surface area contributed by atoms with Gasteiger partial charge in [0.05, 0.1) is 12.0 Å². The van der Waals surface area contributed by atoms with Gasteiger partial charge in [-0.1, -0.05) is 48.7 Å². The third-order valence-corrected chi connectivity index (χ3v) is 8.72. The lowest BCUT2D eigenvalue weighted by atomic mass is 9.94. The van der Waals surface area contributed by atoms with E-state index in [-0.39, 0.29) is 34.3 Å². The van der Waals surface area contributed by atoms with E-state index in [9.17, 15) is 18.0 Å². The van der Waals surface area contributed by atoms with Crippen LogP contribution in [0.25, 0.3) is 0 Å². The summed E-state index contributed by atoms with van der Waals surface area (Å²) in [6.45, 7) is 1.88. The first-order valence-corrected chi connectivity index (χ1v) is 13.9. The number of nitrogens with zero attached hydrogens (tertiary/aromatic N) is 2. The first-order valence-electron chi connectivity index (χ1n) is 11.6. The van der Waals surface area contributed by atoms with Crippen LogP contribution in [0.2, 0.25) is 0 Å². The molecule has 0 bridgehead atoms. The minimum absolute atomic E-state index is 0.0768. The standard InChI is InChI=1S/C25H29N3O5S2/c1-17-8-14-21(15-9-17)35(31,32)27-25-28(19-6-4-3-5-7-19)24(30)22(34-25)16-23(29)26-18-10-12-20(33-2)13-11-18/h8-15,19,22H,3-7,16H2,1-2H3,(H,26,29)/t22-/m1/s1. The van der Waals surface area contributed by atoms with Gasteiger partial charge in [0.15, 0.2) is 5.17 Å². The molecule has 35 heavy (non-hydrogen) atoms. The molecule has 4 rings (SSSR count). The molecule has 0 unspecified atom stereocenters. The van der Waals surface area contributed by atoms with Gasteiger partial charge >= 0.3 is 0 Å². The number of amides is 2. The van der Waals surface area contributed by atoms with Crippen molar-refractivity contribution in [2.75, 3.05) is 12.4 Å². The number of aryl methyl sites for hydroxylation is 1. The normalized spacial score (nSPS) is 20.3. The zero-order valence-corrected chi connectivity index (χ0v) is 21.4. The Morgan fingerprint density at radius 2 is 1.74 bits per heavy atom. The number of anilines is 1. The molecule has 1 N–H and O–H groups in total. The molecule has 0 aromatic heterocycles. The van der Waals surface area contributed by atoms with Crippen LogP contribution in [0.3, 0.4) is 0 Å². The molecule has 1 aliphatic carbocycles. The predicted molar refractivity (Wildman–Crippen MR) is 137 cm³/mol. The molecule has 0 radical (unpaired) electrons. The predicted octanol–water partition coefficient (Wildman–Crippen LogP) is 4.35. The van der Waals surface area contributed by atoms with E-state index in [1.54, 1.807) is 43.5 Å². The van der Waals surface area contributed by atoms with Crippen molar-refractivity contribution in [1.29, 1.82) is 0 Å². The molecule has 0 spiro atoms. The van der Waals surface area contributed by atoms with Crippen molar-refractivity contribution in [3.63, 3.8) is 0 Å². The molecule has 8 nitrogen and oxygen atoms in total. The minimum atomic E-state index is -4.00. The lowest BCUT2D eigenvalue weighted by Gasteiger charge is -2.30. The highest BCUT2D eigenvalue weighted by Crippen LogP contribution is 2.36. The third-order valence-electron chi connectivity index (χ3n) is 6.17. The third kappa shape index (κ3) is 6.05. The molecular weight excluding hydrogens is 486 g/mol. The maximum atomic E-state index is 13.4. The van der Waals surface area contributed by atoms with E-state index in [4.69, 9.17) is 4.74 Å². The highest BCUT2D eigenvalue weighted by molar-refractivity contribution is 8.16. The summed E-state index contributed by atoms with van der Waals surface area (Å²) in [5, 5.41) is 2.22. The zero-order valence-electron chi connectivity index (χ0n) is 19.8. The molecule has 186 valence electrons. The number of nitrogens with one attached hydrogen (secondary N) is 1. The van der Waals surface area contributed by atoms with Crippen LogP contribution in [-0.4, -0.2) is 48.7 Å². The fourth-order valence-corrected chi connectivity index (χ4v) is 6.68. The quantitative estimate of drug-likeness (QED) is 0.588. The number of amidine groups is 1. The van der Waals surface area contributed by atoms with E-state index in [0.717, 1.165) is 49.4 Å². The smallest absolute Gasteiger partial charge is 0.284 e. The van der Waals surface area contributed by atoms with Gasteiger partial charge in [-0.2, -0.15) is 8.42 Å². The van der Waals surface area contributed by atoms with Crippen LogP contribution in [0.4, 0.5) is 5.69 Å². The van der Waals surface area contributed by atoms with Crippen LogP contribution in [-0.2, 0) is 19.6 Å². The van der Waals surface area contributed by atoms with Gasteiger partial charge in [0, 0.05) is 18.2 Å². The van der Waals surface area contributed by atoms with Crippen LogP contribution in [0, 0.1) is 6.92 Å². The van der Waals surface area contributed by atoms with Crippen molar-refractivity contribution in [1.82, 2.24) is 4.90 Å². The Morgan fingerprint density at radius 1 is 1.09 bits per heavy atom. The van der Waals surface area contributed by atoms with E-state index < -0.39 is 15.3 Å². The largest absolute Gasteiger partial charge is 0.497 e. The van der Waals surface area contributed by atoms with Crippen molar-refractivity contribution in [3.8, 4) is 5.75 Å². The molecule has 1 atom stereocenters. The molecule has 2 amide bonds. The highest BCUT2D eigenvalue weighted by Gasteiger charge is 2.43. The lowest BCUT2D eigenvalue weighted by molar-refractivity contribution is -0.130. The summed E-state index contributed by atoms with van der Waals surface area (Å²) in [6.07, 6.45) is 4.54. The summed E-state index contributed by atoms with van der Waals surface area (Å²) >= 11 is 1.06. The number of hydrogen-bond acceptors (Lipinski definition) is 6. The second kappa shape index (κ2) is 10.8. The average Bonchev–Trinajstić information content (AvgIpc) is 3.13. The molecule has 2 aliphatic rings. The Bertz CT molecular complexity index is 1200. The molecule has 1 heterocycles. The zero-order chi connectivity index (χ0) is 25.0. The number of rotatable bonds is 7. The SMILES string of the molecule is COc1ccc(NC(=O)C[C@H]2SC(=NS(=O)(=O)c3ccc(C)cc3)N(C3CCCCC3)C2=O)cc1. The Morgan fingerprint density at radius 3 is 2.37 bits per heavy atom. The van der Waals surface area contributed by atoms with Gasteiger partial charge < -0.3 is 10.1 Å². The number of carbonyl (C=O) groups excluding carboxylic acids is 2. The summed E-state index contributed by atoms with van der Waals surface area (Å²) in [6, 6.07) is 13.3.